The van der Waals surface area contributed by atoms with E-state index in [9.17, 15) is 5.11 Å². The van der Waals surface area contributed by atoms with Crippen LogP contribution in [0.2, 0.25) is 0 Å². The van der Waals surface area contributed by atoms with Crippen LogP contribution in [0, 0.1) is 0 Å². The second-order valence-electron chi connectivity index (χ2n) is 4.91. The van der Waals surface area contributed by atoms with Gasteiger partial charge in [0.15, 0.2) is 11.5 Å². The number of ether oxygens (including phenoxy) is 2. The molecule has 0 bridgehead atoms. The van der Waals surface area contributed by atoms with Crippen molar-refractivity contribution in [1.29, 1.82) is 0 Å². The topological polar surface area (TPSA) is 56.5 Å². The normalized spacial score (nSPS) is 15.0. The maximum Gasteiger partial charge on any atom is 0.175 e. The van der Waals surface area contributed by atoms with E-state index in [1.807, 2.05) is 22.9 Å². The first-order valence-corrected chi connectivity index (χ1v) is 7.78. The van der Waals surface area contributed by atoms with Gasteiger partial charge in [-0.2, -0.15) is 5.10 Å². The number of rotatable bonds is 4. The number of aryl methyl sites for hydroxylation is 1. The molecule has 1 aliphatic heterocycles. The lowest BCUT2D eigenvalue weighted by Crippen LogP contribution is -2.16. The van der Waals surface area contributed by atoms with Crippen LogP contribution >= 0.6 is 15.9 Å². The molecule has 0 aliphatic carbocycles. The molecule has 0 saturated heterocycles. The van der Waals surface area contributed by atoms with E-state index in [1.165, 1.54) is 0 Å². The van der Waals surface area contributed by atoms with E-state index in [0.29, 0.717) is 24.7 Å². The molecule has 0 spiro atoms. The second-order valence-corrected chi connectivity index (χ2v) is 5.76. The molecule has 5 nitrogen and oxygen atoms in total. The molecule has 0 fully saturated rings. The fourth-order valence-corrected chi connectivity index (χ4v) is 3.01. The lowest BCUT2D eigenvalue weighted by molar-refractivity contribution is 0.168. The number of aliphatic hydroxyl groups is 1. The SMILES string of the molecule is CCCn1nccc1C(O)c1cc(Br)c2c(c1)OCCO2. The molecule has 1 N–H and O–H groups in total. The minimum absolute atomic E-state index is 0.521. The van der Waals surface area contributed by atoms with Crippen LogP contribution in [-0.2, 0) is 6.54 Å². The number of halogens is 1. The summed E-state index contributed by atoms with van der Waals surface area (Å²) in [6, 6.07) is 5.53. The van der Waals surface area contributed by atoms with Crippen molar-refractivity contribution in [2.75, 3.05) is 13.2 Å². The van der Waals surface area contributed by atoms with E-state index < -0.39 is 6.10 Å². The van der Waals surface area contributed by atoms with Crippen molar-refractivity contribution in [1.82, 2.24) is 9.78 Å². The largest absolute Gasteiger partial charge is 0.486 e. The standard InChI is InChI=1S/C15H17BrN2O3/c1-2-5-18-12(3-4-17-18)14(19)10-8-11(16)15-13(9-10)20-6-7-21-15/h3-4,8-9,14,19H,2,5-7H2,1H3. The van der Waals surface area contributed by atoms with Gasteiger partial charge in [0.2, 0.25) is 0 Å². The Balaban J connectivity index is 1.96. The van der Waals surface area contributed by atoms with Crippen LogP contribution in [0.3, 0.4) is 0 Å². The molecular weight excluding hydrogens is 336 g/mol. The zero-order chi connectivity index (χ0) is 14.8. The van der Waals surface area contributed by atoms with E-state index in [-0.39, 0.29) is 0 Å². The summed E-state index contributed by atoms with van der Waals surface area (Å²) in [5.74, 6) is 1.35. The van der Waals surface area contributed by atoms with Gasteiger partial charge in [-0.15, -0.1) is 0 Å². The van der Waals surface area contributed by atoms with Crippen molar-refractivity contribution in [3.63, 3.8) is 0 Å². The van der Waals surface area contributed by atoms with Gasteiger partial charge in [0, 0.05) is 12.7 Å². The van der Waals surface area contributed by atoms with Crippen molar-refractivity contribution in [2.45, 2.75) is 26.0 Å². The Morgan fingerprint density at radius 1 is 1.38 bits per heavy atom. The van der Waals surface area contributed by atoms with Crippen molar-refractivity contribution in [2.24, 2.45) is 0 Å². The highest BCUT2D eigenvalue weighted by Crippen LogP contribution is 2.40. The molecule has 21 heavy (non-hydrogen) atoms. The molecule has 2 heterocycles. The summed E-state index contributed by atoms with van der Waals surface area (Å²) in [7, 11) is 0. The summed E-state index contributed by atoms with van der Waals surface area (Å²) in [5.41, 5.74) is 1.53. The van der Waals surface area contributed by atoms with Gasteiger partial charge in [0.05, 0.1) is 10.2 Å². The molecule has 112 valence electrons. The van der Waals surface area contributed by atoms with Gasteiger partial charge in [-0.3, -0.25) is 4.68 Å². The van der Waals surface area contributed by atoms with Crippen LogP contribution in [0.4, 0.5) is 0 Å². The predicted octanol–water partition coefficient (Wildman–Crippen LogP) is 2.91. The number of benzene rings is 1. The van der Waals surface area contributed by atoms with Crippen LogP contribution in [0.15, 0.2) is 28.9 Å². The van der Waals surface area contributed by atoms with E-state index in [4.69, 9.17) is 9.47 Å². The molecule has 0 radical (unpaired) electrons. The average Bonchev–Trinajstić information content (AvgIpc) is 2.95. The van der Waals surface area contributed by atoms with E-state index in [0.717, 1.165) is 28.7 Å². The minimum Gasteiger partial charge on any atom is -0.486 e. The van der Waals surface area contributed by atoms with Gasteiger partial charge in [-0.25, -0.2) is 0 Å². The third kappa shape index (κ3) is 2.78. The van der Waals surface area contributed by atoms with Gasteiger partial charge >= 0.3 is 0 Å². The van der Waals surface area contributed by atoms with Gasteiger partial charge in [0.25, 0.3) is 0 Å². The summed E-state index contributed by atoms with van der Waals surface area (Å²) in [4.78, 5) is 0. The number of hydrogen-bond acceptors (Lipinski definition) is 4. The van der Waals surface area contributed by atoms with Crippen molar-refractivity contribution >= 4 is 15.9 Å². The second kappa shape index (κ2) is 6.07. The highest BCUT2D eigenvalue weighted by molar-refractivity contribution is 9.10. The van der Waals surface area contributed by atoms with Crippen LogP contribution < -0.4 is 9.47 Å². The van der Waals surface area contributed by atoms with E-state index in [2.05, 4.69) is 28.0 Å². The number of hydrogen-bond donors (Lipinski definition) is 1. The Kier molecular flexibility index (Phi) is 4.17. The smallest absolute Gasteiger partial charge is 0.175 e. The molecule has 1 aromatic heterocycles. The summed E-state index contributed by atoms with van der Waals surface area (Å²) in [6.45, 7) is 3.92. The molecule has 3 rings (SSSR count). The highest BCUT2D eigenvalue weighted by atomic mass is 79.9. The van der Waals surface area contributed by atoms with Crippen LogP contribution in [0.25, 0.3) is 0 Å². The molecule has 6 heteroatoms. The third-order valence-corrected chi connectivity index (χ3v) is 3.99. The molecule has 0 saturated carbocycles. The van der Waals surface area contributed by atoms with Gasteiger partial charge in [-0.05, 0) is 46.1 Å². The Morgan fingerprint density at radius 2 is 2.19 bits per heavy atom. The van der Waals surface area contributed by atoms with Crippen LogP contribution in [0.1, 0.15) is 30.7 Å². The molecule has 1 aromatic carbocycles. The molecule has 1 unspecified atom stereocenters. The van der Waals surface area contributed by atoms with E-state index >= 15 is 0 Å². The maximum absolute atomic E-state index is 10.6. The molecule has 2 aromatic rings. The molecule has 0 amide bonds. The first-order valence-electron chi connectivity index (χ1n) is 6.99. The Bertz CT molecular complexity index is 642. The predicted molar refractivity (Wildman–Crippen MR) is 81.7 cm³/mol. The van der Waals surface area contributed by atoms with Gasteiger partial charge in [0.1, 0.15) is 19.3 Å². The summed E-state index contributed by atoms with van der Waals surface area (Å²) >= 11 is 3.48. The summed E-state index contributed by atoms with van der Waals surface area (Å²) in [5, 5.41) is 14.9. The average molecular weight is 353 g/mol. The number of fused-ring (bicyclic) bond motifs is 1. The Morgan fingerprint density at radius 3 is 3.00 bits per heavy atom. The number of aliphatic hydroxyl groups excluding tert-OH is 1. The third-order valence-electron chi connectivity index (χ3n) is 3.40. The minimum atomic E-state index is -0.744. The quantitative estimate of drug-likeness (QED) is 0.918. The molecule has 1 aliphatic rings. The zero-order valence-corrected chi connectivity index (χ0v) is 13.3. The van der Waals surface area contributed by atoms with Crippen LogP contribution in [0.5, 0.6) is 11.5 Å². The van der Waals surface area contributed by atoms with E-state index in [1.54, 1.807) is 6.20 Å². The first-order chi connectivity index (χ1) is 10.2. The Labute approximate surface area is 131 Å². The summed E-state index contributed by atoms with van der Waals surface area (Å²) in [6.07, 6.45) is 1.93. The summed E-state index contributed by atoms with van der Waals surface area (Å²) < 4.78 is 13.8. The zero-order valence-electron chi connectivity index (χ0n) is 11.8. The van der Waals surface area contributed by atoms with Gasteiger partial charge < -0.3 is 14.6 Å². The molecule has 1 atom stereocenters. The fraction of sp³-hybridized carbons (Fsp3) is 0.400. The number of aromatic nitrogens is 2. The lowest BCUT2D eigenvalue weighted by Gasteiger charge is -2.22. The number of nitrogens with zero attached hydrogens (tertiary/aromatic N) is 2. The van der Waals surface area contributed by atoms with Gasteiger partial charge in [-0.1, -0.05) is 6.92 Å². The Hall–Kier alpha value is -1.53. The first kappa shape index (κ1) is 14.4. The molecular formula is C15H17BrN2O3. The lowest BCUT2D eigenvalue weighted by atomic mass is 10.1. The van der Waals surface area contributed by atoms with Crippen molar-refractivity contribution < 1.29 is 14.6 Å². The monoisotopic (exact) mass is 352 g/mol. The van der Waals surface area contributed by atoms with Crippen LogP contribution in [-0.4, -0.2) is 28.1 Å². The maximum atomic E-state index is 10.6. The van der Waals surface area contributed by atoms with Crippen molar-refractivity contribution in [3.05, 3.63) is 40.1 Å². The van der Waals surface area contributed by atoms with Crippen molar-refractivity contribution in [3.8, 4) is 11.5 Å². The highest BCUT2D eigenvalue weighted by Gasteiger charge is 2.21. The fourth-order valence-electron chi connectivity index (χ4n) is 2.43.